The Bertz CT molecular complexity index is 974. The lowest BCUT2D eigenvalue weighted by Gasteiger charge is -2.37. The predicted molar refractivity (Wildman–Crippen MR) is 125 cm³/mol. The molecule has 3 fully saturated rings. The number of hydrogen-bond donors (Lipinski definition) is 2. The Hall–Kier alpha value is -0.740. The van der Waals surface area contributed by atoms with Crippen molar-refractivity contribution in [1.29, 1.82) is 0 Å². The van der Waals surface area contributed by atoms with Crippen molar-refractivity contribution in [2.24, 2.45) is 11.8 Å². The van der Waals surface area contributed by atoms with Gasteiger partial charge >= 0.3 is 5.69 Å². The topological polar surface area (TPSA) is 109 Å². The summed E-state index contributed by atoms with van der Waals surface area (Å²) in [5, 5.41) is 10.7. The molecule has 1 saturated carbocycles. The van der Waals surface area contributed by atoms with Gasteiger partial charge < -0.3 is 24.6 Å². The van der Waals surface area contributed by atoms with Gasteiger partial charge in [0.15, 0.2) is 6.23 Å². The summed E-state index contributed by atoms with van der Waals surface area (Å²) in [6.07, 6.45) is 2.41. The standard InChI is InChI=1S/C20H30N3O5PS2/c1-11(2)13-5-7-20(4)15(9-13)28-29(30,31-20)26-10-14-12(3)17(24)18(27-14)23-8-6-16(21)22-19(23)25/h6,8,12-15,17-18,24H,1,5,7,9-10H2,2-4H3,(H2,21,22,25)/t12-,13-,14-,15+,17-,18-,20+,29+/m1/s1. The van der Waals surface area contributed by atoms with Crippen molar-refractivity contribution in [1.82, 2.24) is 9.55 Å². The minimum atomic E-state index is -2.54. The van der Waals surface area contributed by atoms with Crippen LogP contribution in [0.1, 0.15) is 46.3 Å². The fraction of sp³-hybridized carbons (Fsp3) is 0.700. The van der Waals surface area contributed by atoms with Crippen molar-refractivity contribution >= 4 is 34.7 Å². The van der Waals surface area contributed by atoms with Crippen molar-refractivity contribution in [2.45, 2.75) is 69.3 Å². The maximum atomic E-state index is 12.2. The molecule has 0 radical (unpaired) electrons. The molecule has 2 aliphatic heterocycles. The van der Waals surface area contributed by atoms with E-state index in [1.807, 2.05) is 6.92 Å². The van der Waals surface area contributed by atoms with Crippen LogP contribution in [0, 0.1) is 11.8 Å². The lowest BCUT2D eigenvalue weighted by atomic mass is 9.77. The number of hydrogen-bond acceptors (Lipinski definition) is 9. The van der Waals surface area contributed by atoms with Gasteiger partial charge in [0.1, 0.15) is 11.9 Å². The molecule has 0 amide bonds. The molecule has 1 aliphatic carbocycles. The number of ether oxygens (including phenoxy) is 1. The summed E-state index contributed by atoms with van der Waals surface area (Å²) in [6, 6.07) is 1.50. The molecule has 3 N–H and O–H groups in total. The molecule has 8 atom stereocenters. The van der Waals surface area contributed by atoms with Crippen LogP contribution in [-0.4, -0.2) is 44.3 Å². The minimum absolute atomic E-state index is 0.0470. The Morgan fingerprint density at radius 3 is 3.03 bits per heavy atom. The summed E-state index contributed by atoms with van der Waals surface area (Å²) in [7, 11) is 0. The summed E-state index contributed by atoms with van der Waals surface area (Å²) < 4.78 is 19.7. The van der Waals surface area contributed by atoms with Crippen LogP contribution < -0.4 is 11.4 Å². The average molecular weight is 488 g/mol. The van der Waals surface area contributed by atoms with E-state index in [1.54, 1.807) is 11.4 Å². The fourth-order valence-corrected chi connectivity index (χ4v) is 11.6. The number of anilines is 1. The van der Waals surface area contributed by atoms with Crippen molar-refractivity contribution in [3.8, 4) is 0 Å². The summed E-state index contributed by atoms with van der Waals surface area (Å²) in [5.74, 6) is 0.328. The highest BCUT2D eigenvalue weighted by Gasteiger charge is 2.54. The van der Waals surface area contributed by atoms with Gasteiger partial charge in [0.2, 0.25) is 5.69 Å². The molecule has 0 aromatic carbocycles. The van der Waals surface area contributed by atoms with E-state index in [0.717, 1.165) is 19.3 Å². The third-order valence-electron chi connectivity index (χ3n) is 6.70. The second kappa shape index (κ2) is 8.56. The van der Waals surface area contributed by atoms with Gasteiger partial charge in [0.05, 0.1) is 18.8 Å². The molecule has 1 aromatic rings. The van der Waals surface area contributed by atoms with Crippen molar-refractivity contribution in [2.75, 3.05) is 12.3 Å². The van der Waals surface area contributed by atoms with E-state index in [2.05, 4.69) is 25.4 Å². The number of fused-ring (bicyclic) bond motifs is 1. The minimum Gasteiger partial charge on any atom is -0.388 e. The molecule has 4 rings (SSSR count). The van der Waals surface area contributed by atoms with E-state index in [4.69, 9.17) is 31.3 Å². The van der Waals surface area contributed by atoms with Gasteiger partial charge in [0.25, 0.3) is 0 Å². The zero-order valence-corrected chi connectivity index (χ0v) is 20.5. The third kappa shape index (κ3) is 4.53. The van der Waals surface area contributed by atoms with E-state index in [9.17, 15) is 9.90 Å². The molecule has 3 heterocycles. The number of nitrogens with two attached hydrogens (primary N) is 1. The first-order chi connectivity index (χ1) is 14.5. The zero-order valence-electron chi connectivity index (χ0n) is 18.0. The summed E-state index contributed by atoms with van der Waals surface area (Å²) in [6.45, 7) is 10.5. The molecule has 8 nitrogen and oxygen atoms in total. The fourth-order valence-electron chi connectivity index (χ4n) is 4.51. The highest BCUT2D eigenvalue weighted by Crippen LogP contribution is 2.75. The Labute approximate surface area is 191 Å². The number of nitrogen functional groups attached to an aromatic ring is 1. The monoisotopic (exact) mass is 487 g/mol. The van der Waals surface area contributed by atoms with E-state index >= 15 is 0 Å². The van der Waals surface area contributed by atoms with Crippen LogP contribution in [0.4, 0.5) is 5.82 Å². The van der Waals surface area contributed by atoms with Crippen LogP contribution in [0.5, 0.6) is 0 Å². The third-order valence-corrected chi connectivity index (χ3v) is 12.5. The van der Waals surface area contributed by atoms with Gasteiger partial charge in [0, 0.05) is 16.9 Å². The van der Waals surface area contributed by atoms with Crippen molar-refractivity contribution < 1.29 is 18.9 Å². The smallest absolute Gasteiger partial charge is 0.351 e. The first-order valence-corrected chi connectivity index (χ1v) is 14.5. The molecule has 3 aliphatic rings. The molecule has 0 spiro atoms. The number of allylic oxidation sites excluding steroid dienone is 1. The van der Waals surface area contributed by atoms with E-state index in [1.165, 1.54) is 22.4 Å². The molecular weight excluding hydrogens is 457 g/mol. The van der Waals surface area contributed by atoms with Gasteiger partial charge in [-0.25, -0.2) is 4.79 Å². The normalized spacial score (nSPS) is 42.5. The number of rotatable bonds is 5. The number of aliphatic hydroxyl groups excluding tert-OH is 1. The summed E-state index contributed by atoms with van der Waals surface area (Å²) in [4.78, 5) is 15.9. The highest BCUT2D eigenvalue weighted by molar-refractivity contribution is 8.68. The van der Waals surface area contributed by atoms with Gasteiger partial charge in [-0.3, -0.25) is 4.57 Å². The Balaban J connectivity index is 1.42. The number of aromatic nitrogens is 2. The second-order valence-corrected chi connectivity index (χ2v) is 15.6. The Morgan fingerprint density at radius 1 is 1.61 bits per heavy atom. The van der Waals surface area contributed by atoms with Crippen LogP contribution >= 0.6 is 17.1 Å². The first-order valence-electron chi connectivity index (χ1n) is 10.5. The van der Waals surface area contributed by atoms with E-state index < -0.39 is 29.8 Å². The van der Waals surface area contributed by atoms with Crippen LogP contribution in [0.3, 0.4) is 0 Å². The van der Waals surface area contributed by atoms with Gasteiger partial charge in [-0.1, -0.05) is 30.5 Å². The summed E-state index contributed by atoms with van der Waals surface area (Å²) >= 11 is 7.48. The Morgan fingerprint density at radius 2 is 2.35 bits per heavy atom. The number of nitrogens with zero attached hydrogens (tertiary/aromatic N) is 2. The predicted octanol–water partition coefficient (Wildman–Crippen LogP) is 3.23. The highest BCUT2D eigenvalue weighted by atomic mass is 32.9. The molecule has 11 heteroatoms. The largest absolute Gasteiger partial charge is 0.388 e. The molecule has 0 bridgehead atoms. The molecule has 2 saturated heterocycles. The number of aliphatic hydroxyl groups is 1. The molecule has 31 heavy (non-hydrogen) atoms. The lowest BCUT2D eigenvalue weighted by molar-refractivity contribution is -0.0507. The maximum absolute atomic E-state index is 12.2. The van der Waals surface area contributed by atoms with E-state index in [-0.39, 0.29) is 29.2 Å². The van der Waals surface area contributed by atoms with Gasteiger partial charge in [-0.05, 0) is 56.9 Å². The maximum Gasteiger partial charge on any atom is 0.351 e. The lowest BCUT2D eigenvalue weighted by Crippen LogP contribution is -2.39. The quantitative estimate of drug-likeness (QED) is 0.478. The Kier molecular flexibility index (Phi) is 6.46. The van der Waals surface area contributed by atoms with Crippen LogP contribution in [-0.2, 0) is 25.6 Å². The van der Waals surface area contributed by atoms with Crippen molar-refractivity contribution in [3.05, 3.63) is 34.9 Å². The molecule has 1 aromatic heterocycles. The van der Waals surface area contributed by atoms with E-state index in [0.29, 0.717) is 5.92 Å². The van der Waals surface area contributed by atoms with Crippen LogP contribution in [0.25, 0.3) is 0 Å². The molecule has 0 unspecified atom stereocenters. The zero-order chi connectivity index (χ0) is 22.6. The second-order valence-electron chi connectivity index (χ2n) is 9.02. The van der Waals surface area contributed by atoms with Crippen LogP contribution in [0.15, 0.2) is 29.2 Å². The first kappa shape index (κ1) is 23.4. The van der Waals surface area contributed by atoms with Crippen LogP contribution in [0.2, 0.25) is 0 Å². The summed E-state index contributed by atoms with van der Waals surface area (Å²) in [5.41, 5.74) is 3.64. The molecule has 172 valence electrons. The van der Waals surface area contributed by atoms with Crippen molar-refractivity contribution in [3.63, 3.8) is 0 Å². The average Bonchev–Trinajstić information content (AvgIpc) is 3.12. The molecular formula is C20H30N3O5PS2. The SMILES string of the molecule is C=C(C)[C@@H]1CC[C@]2(C)S[P@@](=S)(OC[C@H]3O[C@@H](n4ccc(N)nc4=O)[C@H](O)[C@@H]3C)O[C@H]2C1. The van der Waals surface area contributed by atoms with Gasteiger partial charge in [-0.2, -0.15) is 4.98 Å². The van der Waals surface area contributed by atoms with Gasteiger partial charge in [-0.15, -0.1) is 0 Å².